The third-order valence-corrected chi connectivity index (χ3v) is 6.60. The first-order chi connectivity index (χ1) is 11.2. The van der Waals surface area contributed by atoms with E-state index in [1.807, 2.05) is 18.0 Å². The topological polar surface area (TPSA) is 71.1 Å². The monoisotopic (exact) mass is 332 g/mol. The minimum Gasteiger partial charge on any atom is -0.469 e. The van der Waals surface area contributed by atoms with Crippen molar-refractivity contribution < 1.29 is 9.53 Å². The Hall–Kier alpha value is -1.76. The van der Waals surface area contributed by atoms with Crippen molar-refractivity contribution in [3.63, 3.8) is 0 Å². The maximum Gasteiger partial charge on any atom is 0.310 e. The third-order valence-electron chi connectivity index (χ3n) is 5.05. The summed E-state index contributed by atoms with van der Waals surface area (Å²) in [6.45, 7) is 3.83. The fourth-order valence-corrected chi connectivity index (χ4v) is 5.48. The summed E-state index contributed by atoms with van der Waals surface area (Å²) in [6, 6.07) is 0. The second-order valence-corrected chi connectivity index (χ2v) is 7.73. The van der Waals surface area contributed by atoms with Gasteiger partial charge in [0.05, 0.1) is 23.2 Å². The van der Waals surface area contributed by atoms with Crippen LogP contribution < -0.4 is 4.90 Å². The predicted molar refractivity (Wildman–Crippen MR) is 90.8 cm³/mol. The number of H-pyrrole nitrogens is 1. The molecule has 1 spiro atoms. The summed E-state index contributed by atoms with van der Waals surface area (Å²) in [5, 5.41) is 1.11. The molecule has 2 aliphatic rings. The Labute approximate surface area is 139 Å². The van der Waals surface area contributed by atoms with Gasteiger partial charge in [0.1, 0.15) is 17.8 Å². The van der Waals surface area contributed by atoms with Crippen LogP contribution in [0.2, 0.25) is 0 Å². The summed E-state index contributed by atoms with van der Waals surface area (Å²) in [7, 11) is 1.48. The van der Waals surface area contributed by atoms with E-state index < -0.39 is 0 Å². The van der Waals surface area contributed by atoms with Crippen LogP contribution in [-0.2, 0) is 16.0 Å². The van der Waals surface area contributed by atoms with Crippen LogP contribution in [0.25, 0.3) is 11.0 Å². The summed E-state index contributed by atoms with van der Waals surface area (Å²) in [4.78, 5) is 26.4. The van der Waals surface area contributed by atoms with Crippen molar-refractivity contribution in [3.8, 4) is 0 Å². The van der Waals surface area contributed by atoms with Gasteiger partial charge in [-0.3, -0.25) is 4.79 Å². The number of hydrogen-bond donors (Lipinski definition) is 1. The molecule has 0 aliphatic carbocycles. The molecule has 1 N–H and O–H groups in total. The summed E-state index contributed by atoms with van der Waals surface area (Å²) in [5.41, 5.74) is 2.12. The standard InChI is InChI=1S/C16H20N4O2S/c1-3-10-6-17-13-12(10)14(19-9-18-13)20-7-16(8-20)11(4-5-23-16)15(21)22-2/h6,9,11H,3-5,7-8H2,1-2H3,(H,17,18,19). The normalized spacial score (nSPS) is 22.5. The molecule has 0 radical (unpaired) electrons. The highest BCUT2D eigenvalue weighted by Gasteiger charge is 2.56. The predicted octanol–water partition coefficient (Wildman–Crippen LogP) is 2.01. The lowest BCUT2D eigenvalue weighted by Crippen LogP contribution is -2.63. The van der Waals surface area contributed by atoms with E-state index in [0.717, 1.165) is 48.5 Å². The lowest BCUT2D eigenvalue weighted by atomic mass is 9.83. The Kier molecular flexibility index (Phi) is 3.48. The quantitative estimate of drug-likeness (QED) is 0.867. The van der Waals surface area contributed by atoms with Gasteiger partial charge in [0.25, 0.3) is 0 Å². The molecular weight excluding hydrogens is 312 g/mol. The van der Waals surface area contributed by atoms with Gasteiger partial charge in [-0.15, -0.1) is 0 Å². The molecule has 4 rings (SSSR count). The van der Waals surface area contributed by atoms with Crippen molar-refractivity contribution in [1.29, 1.82) is 0 Å². The number of nitrogens with zero attached hydrogens (tertiary/aromatic N) is 3. The molecule has 0 bridgehead atoms. The Balaban J connectivity index is 1.63. The molecule has 2 fully saturated rings. The van der Waals surface area contributed by atoms with Crippen molar-refractivity contribution in [2.45, 2.75) is 24.5 Å². The number of fused-ring (bicyclic) bond motifs is 1. The highest BCUT2D eigenvalue weighted by Crippen LogP contribution is 2.51. The van der Waals surface area contributed by atoms with Crippen LogP contribution in [0.5, 0.6) is 0 Å². The number of anilines is 1. The Bertz CT molecular complexity index is 754. The summed E-state index contributed by atoms with van der Waals surface area (Å²) < 4.78 is 4.99. The number of nitrogens with one attached hydrogen (secondary N) is 1. The van der Waals surface area contributed by atoms with Crippen molar-refractivity contribution in [2.75, 3.05) is 30.9 Å². The number of thioether (sulfide) groups is 1. The zero-order valence-corrected chi connectivity index (χ0v) is 14.2. The SMILES string of the molecule is CCc1c[nH]c2ncnc(N3CC4(C3)SCCC4C(=O)OC)c12. The number of aromatic amines is 1. The maximum absolute atomic E-state index is 12.1. The van der Waals surface area contributed by atoms with E-state index in [2.05, 4.69) is 26.8 Å². The molecule has 1 unspecified atom stereocenters. The van der Waals surface area contributed by atoms with Gasteiger partial charge in [0, 0.05) is 19.3 Å². The van der Waals surface area contributed by atoms with E-state index in [9.17, 15) is 4.79 Å². The van der Waals surface area contributed by atoms with Gasteiger partial charge >= 0.3 is 5.97 Å². The number of aromatic nitrogens is 3. The fraction of sp³-hybridized carbons (Fsp3) is 0.562. The molecule has 2 aromatic rings. The first kappa shape index (κ1) is 14.8. The molecule has 23 heavy (non-hydrogen) atoms. The maximum atomic E-state index is 12.1. The van der Waals surface area contributed by atoms with E-state index in [4.69, 9.17) is 4.74 Å². The third kappa shape index (κ3) is 2.13. The lowest BCUT2D eigenvalue weighted by Gasteiger charge is -2.50. The average molecular weight is 332 g/mol. The van der Waals surface area contributed by atoms with Crippen LogP contribution in [0.4, 0.5) is 5.82 Å². The number of aryl methyl sites for hydroxylation is 1. The van der Waals surface area contributed by atoms with E-state index >= 15 is 0 Å². The van der Waals surface area contributed by atoms with E-state index in [-0.39, 0.29) is 16.6 Å². The van der Waals surface area contributed by atoms with Crippen LogP contribution in [0.15, 0.2) is 12.5 Å². The van der Waals surface area contributed by atoms with E-state index in [1.165, 1.54) is 12.7 Å². The molecular formula is C16H20N4O2S. The first-order valence-corrected chi connectivity index (χ1v) is 8.95. The van der Waals surface area contributed by atoms with Crippen molar-refractivity contribution in [3.05, 3.63) is 18.1 Å². The smallest absolute Gasteiger partial charge is 0.310 e. The number of rotatable bonds is 3. The minimum absolute atomic E-state index is 0.00273. The number of ether oxygens (including phenoxy) is 1. The van der Waals surface area contributed by atoms with Crippen LogP contribution in [0, 0.1) is 5.92 Å². The average Bonchev–Trinajstić information content (AvgIpc) is 3.16. The van der Waals surface area contributed by atoms with Crippen molar-refractivity contribution in [2.24, 2.45) is 5.92 Å². The Morgan fingerprint density at radius 1 is 1.52 bits per heavy atom. The highest BCUT2D eigenvalue weighted by atomic mass is 32.2. The minimum atomic E-state index is -0.0709. The zero-order valence-electron chi connectivity index (χ0n) is 13.3. The number of carbonyl (C=O) groups excluding carboxylic acids is 1. The number of esters is 1. The van der Waals surface area contributed by atoms with Gasteiger partial charge in [0.15, 0.2) is 0 Å². The first-order valence-electron chi connectivity index (χ1n) is 7.96. The molecule has 0 saturated carbocycles. The molecule has 7 heteroatoms. The largest absolute Gasteiger partial charge is 0.469 e. The van der Waals surface area contributed by atoms with Crippen LogP contribution >= 0.6 is 11.8 Å². The highest BCUT2D eigenvalue weighted by molar-refractivity contribution is 8.01. The molecule has 2 saturated heterocycles. The van der Waals surface area contributed by atoms with Crippen LogP contribution in [0.3, 0.4) is 0 Å². The molecule has 122 valence electrons. The van der Waals surface area contributed by atoms with E-state index in [0.29, 0.717) is 0 Å². The molecule has 1 atom stereocenters. The van der Waals surface area contributed by atoms with Gasteiger partial charge < -0.3 is 14.6 Å². The van der Waals surface area contributed by atoms with Gasteiger partial charge in [-0.25, -0.2) is 9.97 Å². The number of carbonyl (C=O) groups is 1. The molecule has 0 amide bonds. The molecule has 6 nitrogen and oxygen atoms in total. The van der Waals surface area contributed by atoms with Gasteiger partial charge in [0.2, 0.25) is 0 Å². The number of hydrogen-bond acceptors (Lipinski definition) is 6. The zero-order chi connectivity index (χ0) is 16.0. The summed E-state index contributed by atoms with van der Waals surface area (Å²) >= 11 is 1.91. The van der Waals surface area contributed by atoms with Crippen molar-refractivity contribution in [1.82, 2.24) is 15.0 Å². The summed E-state index contributed by atoms with van der Waals surface area (Å²) in [6.07, 6.45) is 5.48. The van der Waals surface area contributed by atoms with Crippen LogP contribution in [0.1, 0.15) is 18.9 Å². The second-order valence-electron chi connectivity index (χ2n) is 6.22. The molecule has 2 aromatic heterocycles. The fourth-order valence-electron chi connectivity index (χ4n) is 3.81. The Morgan fingerprint density at radius 2 is 2.35 bits per heavy atom. The molecule has 2 aliphatic heterocycles. The number of methoxy groups -OCH3 is 1. The lowest BCUT2D eigenvalue weighted by molar-refractivity contribution is -0.146. The van der Waals surface area contributed by atoms with E-state index in [1.54, 1.807) is 6.33 Å². The van der Waals surface area contributed by atoms with Crippen molar-refractivity contribution >= 4 is 34.6 Å². The van der Waals surface area contributed by atoms with Gasteiger partial charge in [-0.2, -0.15) is 11.8 Å². The van der Waals surface area contributed by atoms with Crippen LogP contribution in [-0.4, -0.2) is 51.6 Å². The molecule has 0 aromatic carbocycles. The van der Waals surface area contributed by atoms with Gasteiger partial charge in [-0.05, 0) is 24.2 Å². The molecule has 4 heterocycles. The Morgan fingerprint density at radius 3 is 3.09 bits per heavy atom. The summed E-state index contributed by atoms with van der Waals surface area (Å²) in [5.74, 6) is 1.94. The van der Waals surface area contributed by atoms with Gasteiger partial charge in [-0.1, -0.05) is 6.92 Å². The second kappa shape index (κ2) is 5.40.